The maximum atomic E-state index is 13.7. The summed E-state index contributed by atoms with van der Waals surface area (Å²) in [5.74, 6) is -0.243. The SMILES string of the molecule is CC(CN)C(F)c1c(Cl)cnn1C. The van der Waals surface area contributed by atoms with E-state index in [0.29, 0.717) is 17.3 Å². The van der Waals surface area contributed by atoms with Gasteiger partial charge in [0.15, 0.2) is 0 Å². The van der Waals surface area contributed by atoms with Crippen LogP contribution in [-0.4, -0.2) is 16.3 Å². The van der Waals surface area contributed by atoms with Gasteiger partial charge in [-0.2, -0.15) is 5.10 Å². The summed E-state index contributed by atoms with van der Waals surface area (Å²) in [5.41, 5.74) is 5.77. The first-order valence-electron chi connectivity index (χ1n) is 4.09. The summed E-state index contributed by atoms with van der Waals surface area (Å²) in [6.45, 7) is 2.04. The minimum absolute atomic E-state index is 0.243. The molecule has 2 atom stereocenters. The third kappa shape index (κ3) is 2.00. The molecule has 0 radical (unpaired) electrons. The third-order valence-electron chi connectivity index (χ3n) is 2.07. The zero-order valence-corrected chi connectivity index (χ0v) is 8.42. The summed E-state index contributed by atoms with van der Waals surface area (Å²) in [5, 5.41) is 4.21. The van der Waals surface area contributed by atoms with E-state index in [2.05, 4.69) is 5.10 Å². The molecule has 0 aliphatic heterocycles. The first kappa shape index (κ1) is 10.5. The first-order valence-corrected chi connectivity index (χ1v) is 4.47. The average molecular weight is 206 g/mol. The highest BCUT2D eigenvalue weighted by molar-refractivity contribution is 6.31. The molecule has 3 nitrogen and oxygen atoms in total. The highest BCUT2D eigenvalue weighted by atomic mass is 35.5. The number of hydrogen-bond acceptors (Lipinski definition) is 2. The van der Waals surface area contributed by atoms with E-state index in [1.165, 1.54) is 10.9 Å². The molecule has 0 bridgehead atoms. The van der Waals surface area contributed by atoms with Crippen molar-refractivity contribution in [3.63, 3.8) is 0 Å². The zero-order chi connectivity index (χ0) is 10.0. The van der Waals surface area contributed by atoms with Crippen LogP contribution in [0.15, 0.2) is 6.20 Å². The summed E-state index contributed by atoms with van der Waals surface area (Å²) in [6.07, 6.45) is 0.289. The fourth-order valence-electron chi connectivity index (χ4n) is 1.12. The van der Waals surface area contributed by atoms with Crippen molar-refractivity contribution in [3.8, 4) is 0 Å². The Kier molecular flexibility index (Phi) is 3.27. The van der Waals surface area contributed by atoms with Gasteiger partial charge in [0.1, 0.15) is 6.17 Å². The molecule has 0 aromatic carbocycles. The van der Waals surface area contributed by atoms with Crippen LogP contribution in [0.3, 0.4) is 0 Å². The third-order valence-corrected chi connectivity index (χ3v) is 2.36. The van der Waals surface area contributed by atoms with Crippen molar-refractivity contribution in [1.82, 2.24) is 9.78 Å². The summed E-state index contributed by atoms with van der Waals surface area (Å²) in [4.78, 5) is 0. The van der Waals surface area contributed by atoms with E-state index in [-0.39, 0.29) is 5.92 Å². The molecule has 5 heteroatoms. The minimum Gasteiger partial charge on any atom is -0.330 e. The molecular formula is C8H13ClFN3. The fourth-order valence-corrected chi connectivity index (χ4v) is 1.39. The van der Waals surface area contributed by atoms with Crippen LogP contribution in [0.2, 0.25) is 5.02 Å². The fraction of sp³-hybridized carbons (Fsp3) is 0.625. The second-order valence-corrected chi connectivity index (χ2v) is 3.52. The summed E-state index contributed by atoms with van der Waals surface area (Å²) < 4.78 is 15.1. The van der Waals surface area contributed by atoms with Crippen molar-refractivity contribution in [1.29, 1.82) is 0 Å². The Balaban J connectivity index is 2.93. The molecule has 0 aliphatic carbocycles. The topological polar surface area (TPSA) is 43.8 Å². The Morgan fingerprint density at radius 1 is 1.77 bits per heavy atom. The predicted molar refractivity (Wildman–Crippen MR) is 50.3 cm³/mol. The van der Waals surface area contributed by atoms with Gasteiger partial charge in [0.25, 0.3) is 0 Å². The highest BCUT2D eigenvalue weighted by Crippen LogP contribution is 2.30. The Bertz CT molecular complexity index is 267. The molecule has 0 saturated carbocycles. The molecule has 2 unspecified atom stereocenters. The number of hydrogen-bond donors (Lipinski definition) is 1. The lowest BCUT2D eigenvalue weighted by Gasteiger charge is -2.15. The van der Waals surface area contributed by atoms with Gasteiger partial charge in [0.2, 0.25) is 0 Å². The summed E-state index contributed by atoms with van der Waals surface area (Å²) in [6, 6.07) is 0. The van der Waals surface area contributed by atoms with Gasteiger partial charge < -0.3 is 5.73 Å². The number of aryl methyl sites for hydroxylation is 1. The lowest BCUT2D eigenvalue weighted by Crippen LogP contribution is -2.18. The van der Waals surface area contributed by atoms with Crippen LogP contribution in [0.4, 0.5) is 4.39 Å². The van der Waals surface area contributed by atoms with Gasteiger partial charge in [-0.25, -0.2) is 4.39 Å². The largest absolute Gasteiger partial charge is 0.330 e. The second kappa shape index (κ2) is 4.07. The molecule has 0 fully saturated rings. The number of halogens is 2. The van der Waals surface area contributed by atoms with Crippen LogP contribution in [0.25, 0.3) is 0 Å². The van der Waals surface area contributed by atoms with E-state index in [1.807, 2.05) is 0 Å². The summed E-state index contributed by atoms with van der Waals surface area (Å²) >= 11 is 5.78. The highest BCUT2D eigenvalue weighted by Gasteiger charge is 2.23. The second-order valence-electron chi connectivity index (χ2n) is 3.12. The number of alkyl halides is 1. The molecule has 74 valence electrons. The molecule has 2 N–H and O–H groups in total. The maximum absolute atomic E-state index is 13.7. The normalized spacial score (nSPS) is 15.8. The molecule has 1 aromatic rings. The number of aromatic nitrogens is 2. The molecular weight excluding hydrogens is 193 g/mol. The molecule has 0 saturated heterocycles. The standard InChI is InChI=1S/C8H13ClFN3/c1-5(3-11)7(10)8-6(9)4-12-13(8)2/h4-5,7H,3,11H2,1-2H3. The lowest BCUT2D eigenvalue weighted by atomic mass is 10.0. The molecule has 0 spiro atoms. The van der Waals surface area contributed by atoms with Gasteiger partial charge in [-0.15, -0.1) is 0 Å². The number of nitrogens with two attached hydrogens (primary N) is 1. The van der Waals surface area contributed by atoms with E-state index in [1.54, 1.807) is 14.0 Å². The van der Waals surface area contributed by atoms with E-state index >= 15 is 0 Å². The Labute approximate surface area is 81.7 Å². The quantitative estimate of drug-likeness (QED) is 0.816. The van der Waals surface area contributed by atoms with E-state index < -0.39 is 6.17 Å². The van der Waals surface area contributed by atoms with Crippen molar-refractivity contribution in [2.75, 3.05) is 6.54 Å². The van der Waals surface area contributed by atoms with Crippen LogP contribution in [0, 0.1) is 5.92 Å². The smallest absolute Gasteiger partial charge is 0.147 e. The minimum atomic E-state index is -1.15. The van der Waals surface area contributed by atoms with Crippen LogP contribution in [0.1, 0.15) is 18.8 Å². The summed E-state index contributed by atoms with van der Waals surface area (Å²) in [7, 11) is 1.66. The Morgan fingerprint density at radius 3 is 2.77 bits per heavy atom. The predicted octanol–water partition coefficient (Wildman–Crippen LogP) is 1.68. The van der Waals surface area contributed by atoms with Crippen molar-refractivity contribution in [3.05, 3.63) is 16.9 Å². The van der Waals surface area contributed by atoms with Crippen molar-refractivity contribution < 1.29 is 4.39 Å². The van der Waals surface area contributed by atoms with Crippen molar-refractivity contribution in [2.24, 2.45) is 18.7 Å². The van der Waals surface area contributed by atoms with Crippen molar-refractivity contribution >= 4 is 11.6 Å². The average Bonchev–Trinajstić information content (AvgIpc) is 2.44. The maximum Gasteiger partial charge on any atom is 0.147 e. The van der Waals surface area contributed by atoms with Crippen molar-refractivity contribution in [2.45, 2.75) is 13.1 Å². The van der Waals surface area contributed by atoms with E-state index in [9.17, 15) is 4.39 Å². The molecule has 13 heavy (non-hydrogen) atoms. The van der Waals surface area contributed by atoms with Gasteiger partial charge >= 0.3 is 0 Å². The lowest BCUT2D eigenvalue weighted by molar-refractivity contribution is 0.238. The van der Waals surface area contributed by atoms with Gasteiger partial charge in [-0.1, -0.05) is 18.5 Å². The molecule has 1 heterocycles. The number of rotatable bonds is 3. The Morgan fingerprint density at radius 2 is 2.38 bits per heavy atom. The zero-order valence-electron chi connectivity index (χ0n) is 7.67. The van der Waals surface area contributed by atoms with Gasteiger partial charge in [-0.3, -0.25) is 4.68 Å². The monoisotopic (exact) mass is 205 g/mol. The van der Waals surface area contributed by atoms with Crippen LogP contribution < -0.4 is 5.73 Å². The van der Waals surface area contributed by atoms with Gasteiger partial charge in [0.05, 0.1) is 16.9 Å². The van der Waals surface area contributed by atoms with Crippen LogP contribution >= 0.6 is 11.6 Å². The van der Waals surface area contributed by atoms with Crippen LogP contribution in [-0.2, 0) is 7.05 Å². The van der Waals surface area contributed by atoms with Gasteiger partial charge in [-0.05, 0) is 6.54 Å². The molecule has 0 aliphatic rings. The van der Waals surface area contributed by atoms with E-state index in [4.69, 9.17) is 17.3 Å². The number of nitrogens with zero attached hydrogens (tertiary/aromatic N) is 2. The Hall–Kier alpha value is -0.610. The molecule has 0 amide bonds. The van der Waals surface area contributed by atoms with Gasteiger partial charge in [0, 0.05) is 13.0 Å². The van der Waals surface area contributed by atoms with E-state index in [0.717, 1.165) is 0 Å². The first-order chi connectivity index (χ1) is 6.07. The van der Waals surface area contributed by atoms with Crippen LogP contribution in [0.5, 0.6) is 0 Å². The molecule has 1 rings (SSSR count). The molecule has 1 aromatic heterocycles.